The molecule has 0 spiro atoms. The molecule has 2 heteroatoms. The van der Waals surface area contributed by atoms with E-state index in [1.807, 2.05) is 12.1 Å². The van der Waals surface area contributed by atoms with E-state index in [1.54, 1.807) is 0 Å². The van der Waals surface area contributed by atoms with Crippen LogP contribution in [0.5, 0.6) is 0 Å². The molecule has 0 heterocycles. The van der Waals surface area contributed by atoms with Crippen molar-refractivity contribution in [2.45, 2.75) is 92.2 Å². The van der Waals surface area contributed by atoms with Crippen LogP contribution in [0.2, 0.25) is 13.1 Å². The molecule has 1 aromatic rings. The largest absolute Gasteiger partial charge is 0.324 e. The number of rotatable bonds is 13. The van der Waals surface area contributed by atoms with Gasteiger partial charge in [-0.25, -0.2) is 0 Å². The first kappa shape index (κ1) is 25.4. The second-order valence-corrected chi connectivity index (χ2v) is 11.1. The average Bonchev–Trinajstić information content (AvgIpc) is 2.68. The number of benzene rings is 1. The van der Waals surface area contributed by atoms with Gasteiger partial charge in [0.15, 0.2) is 0 Å². The Morgan fingerprint density at radius 1 is 0.692 bits per heavy atom. The lowest BCUT2D eigenvalue weighted by atomic mass is 10.1. The Hall–Kier alpha value is -0.603. The van der Waals surface area contributed by atoms with Crippen LogP contribution in [0.1, 0.15) is 79.1 Å². The lowest BCUT2D eigenvalue weighted by Crippen LogP contribution is -2.50. The van der Waals surface area contributed by atoms with Crippen LogP contribution in [-0.2, 0) is 0 Å². The van der Waals surface area contributed by atoms with E-state index in [2.05, 4.69) is 59.0 Å². The molecule has 26 heavy (non-hydrogen) atoms. The molecule has 0 aliphatic carbocycles. The second kappa shape index (κ2) is 16.6. The highest BCUT2D eigenvalue weighted by Crippen LogP contribution is 2.16. The van der Waals surface area contributed by atoms with Crippen LogP contribution in [0.15, 0.2) is 24.3 Å². The summed E-state index contributed by atoms with van der Waals surface area (Å²) >= 11 is 0. The van der Waals surface area contributed by atoms with Gasteiger partial charge in [0.05, 0.1) is 35.0 Å². The minimum atomic E-state index is -0.549. The second-order valence-electron chi connectivity index (χ2n) is 8.14. The Bertz CT molecular complexity index is 364. The first-order valence-corrected chi connectivity index (χ1v) is 14.2. The van der Waals surface area contributed by atoms with E-state index in [0.717, 1.165) is 0 Å². The fourth-order valence-corrected chi connectivity index (χ4v) is 4.39. The Morgan fingerprint density at radius 3 is 1.27 bits per heavy atom. The molecule has 0 N–H and O–H groups in total. The van der Waals surface area contributed by atoms with Crippen LogP contribution >= 0.6 is 0 Å². The van der Waals surface area contributed by atoms with E-state index in [1.165, 1.54) is 87.2 Å². The third-order valence-electron chi connectivity index (χ3n) is 5.35. The van der Waals surface area contributed by atoms with Crippen molar-refractivity contribution in [3.05, 3.63) is 30.3 Å². The Morgan fingerprint density at radius 2 is 1.04 bits per heavy atom. The minimum absolute atomic E-state index is 0.549. The molecule has 0 aliphatic rings. The van der Waals surface area contributed by atoms with Gasteiger partial charge in [-0.3, -0.25) is 0 Å². The zero-order valence-corrected chi connectivity index (χ0v) is 20.0. The van der Waals surface area contributed by atoms with Crippen LogP contribution in [-0.4, -0.2) is 39.5 Å². The molecular weight excluding hydrogens is 330 g/mol. The zero-order chi connectivity index (χ0) is 19.7. The summed E-state index contributed by atoms with van der Waals surface area (Å²) in [7, 11) is -0.549. The maximum atomic E-state index is 3.01. The SMILES string of the molecule is CCCC[N+](CCCC)(CCCC)CCCC.C[SiH](C)c1cc[c]cc1. The van der Waals surface area contributed by atoms with Gasteiger partial charge < -0.3 is 4.48 Å². The van der Waals surface area contributed by atoms with Crippen LogP contribution in [0.4, 0.5) is 0 Å². The first-order valence-electron chi connectivity index (χ1n) is 11.4. The average molecular weight is 378 g/mol. The molecule has 0 amide bonds. The first-order chi connectivity index (χ1) is 12.5. The van der Waals surface area contributed by atoms with Crippen molar-refractivity contribution in [3.8, 4) is 0 Å². The van der Waals surface area contributed by atoms with Crippen molar-refractivity contribution >= 4 is 14.0 Å². The van der Waals surface area contributed by atoms with Gasteiger partial charge in [0, 0.05) is 0 Å². The smallest absolute Gasteiger partial charge is 0.0786 e. The summed E-state index contributed by atoms with van der Waals surface area (Å²) in [6.45, 7) is 19.7. The molecule has 1 aromatic carbocycles. The topological polar surface area (TPSA) is 0 Å². The van der Waals surface area contributed by atoms with Crippen molar-refractivity contribution in [2.24, 2.45) is 0 Å². The maximum absolute atomic E-state index is 3.01. The van der Waals surface area contributed by atoms with Gasteiger partial charge in [-0.05, 0) is 31.7 Å². The molecule has 0 saturated carbocycles. The monoisotopic (exact) mass is 377 g/mol. The molecular formula is C24H47NSi+. The fourth-order valence-electron chi connectivity index (χ4n) is 3.43. The summed E-state index contributed by atoms with van der Waals surface area (Å²) in [6, 6.07) is 11.3. The van der Waals surface area contributed by atoms with Gasteiger partial charge in [-0.2, -0.15) is 0 Å². The number of hydrogen-bond acceptors (Lipinski definition) is 0. The summed E-state index contributed by atoms with van der Waals surface area (Å²) in [5.41, 5.74) is 0. The Kier molecular flexibility index (Phi) is 16.2. The normalized spacial score (nSPS) is 11.3. The fraction of sp³-hybridized carbons (Fsp3) is 0.750. The van der Waals surface area contributed by atoms with E-state index >= 15 is 0 Å². The number of unbranched alkanes of at least 4 members (excludes halogenated alkanes) is 4. The number of hydrogen-bond donors (Lipinski definition) is 0. The number of nitrogens with zero attached hydrogens (tertiary/aromatic N) is 1. The molecule has 0 unspecified atom stereocenters. The van der Waals surface area contributed by atoms with Crippen molar-refractivity contribution < 1.29 is 4.48 Å². The molecule has 1 radical (unpaired) electrons. The zero-order valence-electron chi connectivity index (χ0n) is 18.8. The van der Waals surface area contributed by atoms with Crippen molar-refractivity contribution in [1.82, 2.24) is 0 Å². The Balaban J connectivity index is 0.000000577. The van der Waals surface area contributed by atoms with E-state index < -0.39 is 8.80 Å². The van der Waals surface area contributed by atoms with Crippen LogP contribution in [0.3, 0.4) is 0 Å². The van der Waals surface area contributed by atoms with Gasteiger partial charge in [-0.1, -0.05) is 95.9 Å². The standard InChI is InChI=1S/C16H36N.C8H11Si/c1-5-9-13-17(14-10-6-2,15-11-7-3)16-12-8-4;1-9(2)8-6-4-3-5-7-8/h5-16H2,1-4H3;4-7,9H,1-2H3/q+1;. The molecule has 1 rings (SSSR count). The molecule has 151 valence electrons. The summed E-state index contributed by atoms with van der Waals surface area (Å²) in [6.07, 6.45) is 11.1. The van der Waals surface area contributed by atoms with Gasteiger partial charge >= 0.3 is 0 Å². The van der Waals surface area contributed by atoms with Gasteiger partial charge in [0.2, 0.25) is 0 Å². The van der Waals surface area contributed by atoms with Crippen LogP contribution in [0.25, 0.3) is 0 Å². The predicted molar refractivity (Wildman–Crippen MR) is 123 cm³/mol. The summed E-state index contributed by atoms with van der Waals surface area (Å²) < 4.78 is 1.42. The van der Waals surface area contributed by atoms with Gasteiger partial charge in [0.1, 0.15) is 0 Å². The lowest BCUT2D eigenvalue weighted by Gasteiger charge is -2.39. The minimum Gasteiger partial charge on any atom is -0.324 e. The third kappa shape index (κ3) is 11.9. The van der Waals surface area contributed by atoms with Gasteiger partial charge in [-0.15, -0.1) is 0 Å². The van der Waals surface area contributed by atoms with E-state index in [-0.39, 0.29) is 0 Å². The predicted octanol–water partition coefficient (Wildman–Crippen LogP) is 6.18. The number of quaternary nitrogens is 1. The summed E-state index contributed by atoms with van der Waals surface area (Å²) in [5, 5.41) is 1.52. The maximum Gasteiger partial charge on any atom is 0.0786 e. The van der Waals surface area contributed by atoms with Crippen molar-refractivity contribution in [1.29, 1.82) is 0 Å². The van der Waals surface area contributed by atoms with E-state index in [0.29, 0.717) is 0 Å². The quantitative estimate of drug-likeness (QED) is 0.284. The van der Waals surface area contributed by atoms with Gasteiger partial charge in [0.25, 0.3) is 0 Å². The third-order valence-corrected chi connectivity index (χ3v) is 7.07. The summed E-state index contributed by atoms with van der Waals surface area (Å²) in [4.78, 5) is 0. The van der Waals surface area contributed by atoms with Crippen molar-refractivity contribution in [2.75, 3.05) is 26.2 Å². The molecule has 0 aliphatic heterocycles. The van der Waals surface area contributed by atoms with E-state index in [4.69, 9.17) is 0 Å². The molecule has 1 nitrogen and oxygen atoms in total. The molecule has 0 fully saturated rings. The van der Waals surface area contributed by atoms with E-state index in [9.17, 15) is 0 Å². The summed E-state index contributed by atoms with van der Waals surface area (Å²) in [5.74, 6) is 0. The highest BCUT2D eigenvalue weighted by atomic mass is 28.3. The Labute approximate surface area is 167 Å². The molecule has 0 saturated heterocycles. The molecule has 0 bridgehead atoms. The molecule has 0 aromatic heterocycles. The van der Waals surface area contributed by atoms with Crippen LogP contribution < -0.4 is 5.19 Å². The molecule has 0 atom stereocenters. The highest BCUT2D eigenvalue weighted by Gasteiger charge is 2.24. The van der Waals surface area contributed by atoms with Crippen LogP contribution in [0, 0.1) is 6.07 Å². The highest BCUT2D eigenvalue weighted by molar-refractivity contribution is 6.70. The van der Waals surface area contributed by atoms with Crippen molar-refractivity contribution in [3.63, 3.8) is 0 Å². The lowest BCUT2D eigenvalue weighted by molar-refractivity contribution is -0.929.